The molecule has 0 aliphatic heterocycles. The van der Waals surface area contributed by atoms with Gasteiger partial charge in [-0.1, -0.05) is 40.9 Å². The average molecular weight is 397 g/mol. The number of nitrogens with zero attached hydrogens (tertiary/aromatic N) is 2. The van der Waals surface area contributed by atoms with E-state index in [4.69, 9.17) is 34.8 Å². The first kappa shape index (κ1) is 18.7. The molecule has 126 valence electrons. The van der Waals surface area contributed by atoms with Gasteiger partial charge in [-0.25, -0.2) is 0 Å². The Bertz CT molecular complexity index is 936. The second-order valence-corrected chi connectivity index (χ2v) is 5.99. The first-order chi connectivity index (χ1) is 11.8. The number of nitro benzene ring substituents is 1. The molecule has 6 nitrogen and oxygen atoms in total. The van der Waals surface area contributed by atoms with Gasteiger partial charge in [0.05, 0.1) is 4.92 Å². The third kappa shape index (κ3) is 4.70. The van der Waals surface area contributed by atoms with Crippen LogP contribution in [0.1, 0.15) is 5.56 Å². The molecule has 0 unspecified atom stereocenters. The molecule has 0 bridgehead atoms. The summed E-state index contributed by atoms with van der Waals surface area (Å²) in [5, 5.41) is 23.4. The maximum Gasteiger partial charge on any atom is 0.294 e. The Balaban J connectivity index is 2.34. The van der Waals surface area contributed by atoms with E-state index in [1.807, 2.05) is 0 Å². The normalized spacial score (nSPS) is 10.9. The number of benzene rings is 2. The van der Waals surface area contributed by atoms with Crippen molar-refractivity contribution in [1.29, 1.82) is 5.26 Å². The number of nitrogens with one attached hydrogen (secondary N) is 1. The number of nitriles is 1. The molecule has 2 rings (SSSR count). The van der Waals surface area contributed by atoms with Crippen LogP contribution in [0.25, 0.3) is 6.08 Å². The first-order valence-electron chi connectivity index (χ1n) is 6.64. The molecule has 25 heavy (non-hydrogen) atoms. The minimum absolute atomic E-state index is 0.0808. The number of carbonyl (C=O) groups excluding carboxylic acids is 1. The summed E-state index contributed by atoms with van der Waals surface area (Å²) in [6.07, 6.45) is 1.26. The lowest BCUT2D eigenvalue weighted by Crippen LogP contribution is -2.14. The summed E-state index contributed by atoms with van der Waals surface area (Å²) in [5.41, 5.74) is -0.345. The molecule has 2 aromatic rings. The monoisotopic (exact) mass is 395 g/mol. The topological polar surface area (TPSA) is 96.0 Å². The summed E-state index contributed by atoms with van der Waals surface area (Å²) in [6.45, 7) is 0. The lowest BCUT2D eigenvalue weighted by Gasteiger charge is -2.06. The fraction of sp³-hybridized carbons (Fsp3) is 0. The van der Waals surface area contributed by atoms with E-state index in [0.717, 1.165) is 6.07 Å². The summed E-state index contributed by atoms with van der Waals surface area (Å²) >= 11 is 17.5. The highest BCUT2D eigenvalue weighted by Crippen LogP contribution is 2.28. The van der Waals surface area contributed by atoms with Crippen molar-refractivity contribution in [3.63, 3.8) is 0 Å². The Morgan fingerprint density at radius 2 is 1.80 bits per heavy atom. The second kappa shape index (κ2) is 7.99. The molecular formula is C16H8Cl3N3O3. The highest BCUT2D eigenvalue weighted by molar-refractivity contribution is 6.35. The van der Waals surface area contributed by atoms with Gasteiger partial charge in [-0.05, 0) is 35.9 Å². The quantitative estimate of drug-likeness (QED) is 0.336. The van der Waals surface area contributed by atoms with Crippen molar-refractivity contribution >= 4 is 58.2 Å². The van der Waals surface area contributed by atoms with Crippen LogP contribution in [-0.4, -0.2) is 10.8 Å². The Morgan fingerprint density at radius 1 is 1.16 bits per heavy atom. The SMILES string of the molecule is N#CC(=Cc1ccc(Cl)cc1Cl)C(=O)Nc1ccc(Cl)cc1[N+](=O)[O-]. The zero-order chi connectivity index (χ0) is 18.6. The summed E-state index contributed by atoms with van der Waals surface area (Å²) in [5.74, 6) is -0.820. The number of amides is 1. The molecular weight excluding hydrogens is 389 g/mol. The van der Waals surface area contributed by atoms with Crippen LogP contribution in [0.3, 0.4) is 0 Å². The summed E-state index contributed by atoms with van der Waals surface area (Å²) in [7, 11) is 0. The molecule has 0 aromatic heterocycles. The van der Waals surface area contributed by atoms with Crippen LogP contribution in [0.15, 0.2) is 42.0 Å². The van der Waals surface area contributed by atoms with E-state index in [1.54, 1.807) is 18.2 Å². The van der Waals surface area contributed by atoms with Crippen molar-refractivity contribution in [2.24, 2.45) is 0 Å². The average Bonchev–Trinajstić information content (AvgIpc) is 2.55. The second-order valence-electron chi connectivity index (χ2n) is 4.71. The van der Waals surface area contributed by atoms with Gasteiger partial charge >= 0.3 is 0 Å². The molecule has 0 saturated heterocycles. The van der Waals surface area contributed by atoms with E-state index < -0.39 is 10.8 Å². The highest BCUT2D eigenvalue weighted by Gasteiger charge is 2.18. The van der Waals surface area contributed by atoms with Crippen molar-refractivity contribution in [3.05, 3.63) is 72.7 Å². The number of rotatable bonds is 4. The molecule has 2 aromatic carbocycles. The van der Waals surface area contributed by atoms with E-state index in [9.17, 15) is 20.2 Å². The lowest BCUT2D eigenvalue weighted by molar-refractivity contribution is -0.383. The molecule has 0 radical (unpaired) electrons. The van der Waals surface area contributed by atoms with E-state index in [2.05, 4.69) is 5.32 Å². The van der Waals surface area contributed by atoms with Crippen molar-refractivity contribution in [2.75, 3.05) is 5.32 Å². The third-order valence-corrected chi connectivity index (χ3v) is 3.83. The Labute approximate surface area is 157 Å². The van der Waals surface area contributed by atoms with Gasteiger partial charge in [-0.15, -0.1) is 0 Å². The van der Waals surface area contributed by atoms with Gasteiger partial charge in [0.25, 0.3) is 11.6 Å². The van der Waals surface area contributed by atoms with Crippen molar-refractivity contribution in [2.45, 2.75) is 0 Å². The number of halogens is 3. The van der Waals surface area contributed by atoms with Gasteiger partial charge in [0.15, 0.2) is 0 Å². The van der Waals surface area contributed by atoms with Crippen LogP contribution in [0, 0.1) is 21.4 Å². The maximum atomic E-state index is 12.3. The zero-order valence-corrected chi connectivity index (χ0v) is 14.6. The van der Waals surface area contributed by atoms with Crippen molar-refractivity contribution in [1.82, 2.24) is 0 Å². The van der Waals surface area contributed by atoms with E-state index >= 15 is 0 Å². The van der Waals surface area contributed by atoms with E-state index in [-0.39, 0.29) is 27.0 Å². The summed E-state index contributed by atoms with van der Waals surface area (Å²) in [6, 6.07) is 10.1. The third-order valence-electron chi connectivity index (χ3n) is 3.03. The Kier molecular flexibility index (Phi) is 5.99. The van der Waals surface area contributed by atoms with Gasteiger partial charge < -0.3 is 5.32 Å². The van der Waals surface area contributed by atoms with Gasteiger partial charge in [0, 0.05) is 21.1 Å². The Morgan fingerprint density at radius 3 is 2.40 bits per heavy atom. The minimum atomic E-state index is -0.820. The lowest BCUT2D eigenvalue weighted by atomic mass is 10.1. The number of hydrogen-bond acceptors (Lipinski definition) is 4. The molecule has 0 atom stereocenters. The molecule has 0 aliphatic rings. The van der Waals surface area contributed by atoms with Gasteiger partial charge in [0.2, 0.25) is 0 Å². The summed E-state index contributed by atoms with van der Waals surface area (Å²) < 4.78 is 0. The standard InChI is InChI=1S/C16H8Cl3N3O3/c17-11-2-1-9(13(19)6-11)5-10(8-20)16(23)21-14-4-3-12(18)7-15(14)22(24)25/h1-7H,(H,21,23). The predicted molar refractivity (Wildman–Crippen MR) is 96.8 cm³/mol. The van der Waals surface area contributed by atoms with Crippen molar-refractivity contribution < 1.29 is 9.72 Å². The van der Waals surface area contributed by atoms with Crippen LogP contribution < -0.4 is 5.32 Å². The number of hydrogen-bond donors (Lipinski definition) is 1. The molecule has 9 heteroatoms. The summed E-state index contributed by atoms with van der Waals surface area (Å²) in [4.78, 5) is 22.6. The van der Waals surface area contributed by atoms with E-state index in [1.165, 1.54) is 24.3 Å². The molecule has 0 spiro atoms. The van der Waals surface area contributed by atoms with Crippen LogP contribution in [0.2, 0.25) is 15.1 Å². The molecule has 0 saturated carbocycles. The smallest absolute Gasteiger partial charge is 0.294 e. The minimum Gasteiger partial charge on any atom is -0.316 e. The van der Waals surface area contributed by atoms with Crippen LogP contribution >= 0.6 is 34.8 Å². The number of nitro groups is 1. The molecule has 0 fully saturated rings. The zero-order valence-electron chi connectivity index (χ0n) is 12.3. The van der Waals surface area contributed by atoms with E-state index in [0.29, 0.717) is 10.6 Å². The van der Waals surface area contributed by atoms with Gasteiger partial charge in [0.1, 0.15) is 17.3 Å². The van der Waals surface area contributed by atoms with Gasteiger partial charge in [-0.2, -0.15) is 5.26 Å². The van der Waals surface area contributed by atoms with Crippen LogP contribution in [0.4, 0.5) is 11.4 Å². The molecule has 0 aliphatic carbocycles. The molecule has 1 amide bonds. The number of anilines is 1. The molecule has 1 N–H and O–H groups in total. The fourth-order valence-corrected chi connectivity index (χ4v) is 2.50. The Hall–Kier alpha value is -2.59. The van der Waals surface area contributed by atoms with Gasteiger partial charge in [-0.3, -0.25) is 14.9 Å². The fourth-order valence-electron chi connectivity index (χ4n) is 1.87. The highest BCUT2D eigenvalue weighted by atomic mass is 35.5. The first-order valence-corrected chi connectivity index (χ1v) is 7.77. The van der Waals surface area contributed by atoms with Crippen LogP contribution in [-0.2, 0) is 4.79 Å². The largest absolute Gasteiger partial charge is 0.316 e. The number of carbonyl (C=O) groups is 1. The maximum absolute atomic E-state index is 12.3. The van der Waals surface area contributed by atoms with Crippen molar-refractivity contribution in [3.8, 4) is 6.07 Å². The molecule has 0 heterocycles. The van der Waals surface area contributed by atoms with Crippen LogP contribution in [0.5, 0.6) is 0 Å². The predicted octanol–water partition coefficient (Wildman–Crippen LogP) is 5.10.